The normalized spacial score (nSPS) is 15.5. The predicted octanol–water partition coefficient (Wildman–Crippen LogP) is 8.22. The van der Waals surface area contributed by atoms with Gasteiger partial charge in [0.25, 0.3) is 5.78 Å². The monoisotopic (exact) mass is 675 g/mol. The number of ketones is 1. The van der Waals surface area contributed by atoms with E-state index in [1.54, 1.807) is 54.6 Å². The van der Waals surface area contributed by atoms with Crippen LogP contribution < -0.4 is 14.4 Å². The Morgan fingerprint density at radius 1 is 0.917 bits per heavy atom. The van der Waals surface area contributed by atoms with E-state index in [1.807, 2.05) is 38.1 Å². The van der Waals surface area contributed by atoms with Crippen molar-refractivity contribution in [3.05, 3.63) is 149 Å². The Morgan fingerprint density at radius 3 is 2.31 bits per heavy atom. The maximum Gasteiger partial charge on any atom is 0.301 e. The third-order valence-electron chi connectivity index (χ3n) is 7.88. The summed E-state index contributed by atoms with van der Waals surface area (Å²) in [4.78, 5) is 28.7. The molecule has 6 rings (SSSR count). The fraction of sp³-hybridized carbons (Fsp3) is 0.158. The van der Waals surface area contributed by atoms with E-state index >= 15 is 0 Å². The molecular formula is C38H33N3O5S2. The number of hydrogen-bond donors (Lipinski definition) is 1. The summed E-state index contributed by atoms with van der Waals surface area (Å²) in [7, 11) is 0. The molecule has 8 nitrogen and oxygen atoms in total. The summed E-state index contributed by atoms with van der Waals surface area (Å²) in [6.07, 6.45) is 1.64. The summed E-state index contributed by atoms with van der Waals surface area (Å²) in [5.74, 6) is -0.0225. The third kappa shape index (κ3) is 7.20. The molecule has 4 aromatic carbocycles. The number of aromatic nitrogens is 2. The second-order valence-electron chi connectivity index (χ2n) is 11.2. The van der Waals surface area contributed by atoms with E-state index in [1.165, 1.54) is 33.6 Å². The van der Waals surface area contributed by atoms with Gasteiger partial charge in [0.05, 0.1) is 11.6 Å². The maximum absolute atomic E-state index is 13.7. The first-order chi connectivity index (χ1) is 23.3. The van der Waals surface area contributed by atoms with Crippen molar-refractivity contribution in [1.29, 1.82) is 0 Å². The highest BCUT2D eigenvalue weighted by Gasteiger charge is 2.48. The molecule has 5 aromatic rings. The van der Waals surface area contributed by atoms with Gasteiger partial charge < -0.3 is 14.6 Å². The minimum Gasteiger partial charge on any atom is -0.507 e. The number of thioether (sulfide) groups is 1. The van der Waals surface area contributed by atoms with Crippen LogP contribution >= 0.6 is 23.1 Å². The number of anilines is 1. The number of aliphatic hydroxyl groups is 1. The van der Waals surface area contributed by atoms with Crippen LogP contribution in [0.2, 0.25) is 0 Å². The first kappa shape index (κ1) is 32.7. The molecular weight excluding hydrogens is 643 g/mol. The van der Waals surface area contributed by atoms with Crippen LogP contribution in [0.15, 0.2) is 120 Å². The van der Waals surface area contributed by atoms with Crippen LogP contribution in [0, 0.1) is 13.8 Å². The first-order valence-corrected chi connectivity index (χ1v) is 17.1. The highest BCUT2D eigenvalue weighted by molar-refractivity contribution is 8.00. The number of aryl methyl sites for hydroxylation is 2. The van der Waals surface area contributed by atoms with Crippen molar-refractivity contribution in [1.82, 2.24) is 10.2 Å². The zero-order valence-electron chi connectivity index (χ0n) is 26.5. The third-order valence-corrected chi connectivity index (χ3v) is 10.0. The van der Waals surface area contributed by atoms with Crippen LogP contribution in [0.5, 0.6) is 11.5 Å². The van der Waals surface area contributed by atoms with Gasteiger partial charge in [-0.3, -0.25) is 14.5 Å². The lowest BCUT2D eigenvalue weighted by molar-refractivity contribution is -0.132. The molecule has 0 aliphatic carbocycles. The van der Waals surface area contributed by atoms with Crippen LogP contribution in [-0.2, 0) is 21.9 Å². The van der Waals surface area contributed by atoms with Gasteiger partial charge >= 0.3 is 5.91 Å². The van der Waals surface area contributed by atoms with Crippen LogP contribution in [0.4, 0.5) is 5.13 Å². The van der Waals surface area contributed by atoms with Gasteiger partial charge in [-0.25, -0.2) is 0 Å². The number of benzene rings is 4. The lowest BCUT2D eigenvalue weighted by Gasteiger charge is -2.22. The van der Waals surface area contributed by atoms with Crippen LogP contribution in [0.25, 0.3) is 5.76 Å². The van der Waals surface area contributed by atoms with Gasteiger partial charge in [0.2, 0.25) is 5.13 Å². The van der Waals surface area contributed by atoms with E-state index in [2.05, 4.69) is 41.0 Å². The number of carbonyl (C=O) groups excluding carboxylic acids is 2. The number of rotatable bonds is 12. The molecule has 1 unspecified atom stereocenters. The maximum atomic E-state index is 13.7. The molecule has 0 radical (unpaired) electrons. The Kier molecular flexibility index (Phi) is 10.0. The molecule has 48 heavy (non-hydrogen) atoms. The lowest BCUT2D eigenvalue weighted by Crippen LogP contribution is -2.29. The van der Waals surface area contributed by atoms with E-state index in [0.29, 0.717) is 45.9 Å². The number of aliphatic hydroxyl groups excluding tert-OH is 1. The van der Waals surface area contributed by atoms with E-state index < -0.39 is 17.7 Å². The van der Waals surface area contributed by atoms with Gasteiger partial charge in [-0.2, -0.15) is 0 Å². The molecule has 10 heteroatoms. The Hall–Kier alpha value is -5.19. The molecule has 1 amide bonds. The van der Waals surface area contributed by atoms with Gasteiger partial charge in [-0.05, 0) is 72.5 Å². The van der Waals surface area contributed by atoms with Crippen molar-refractivity contribution in [3.8, 4) is 11.5 Å². The number of nitrogens with zero attached hydrogens (tertiary/aromatic N) is 3. The molecule has 0 spiro atoms. The Morgan fingerprint density at radius 2 is 1.60 bits per heavy atom. The van der Waals surface area contributed by atoms with Gasteiger partial charge in [0.1, 0.15) is 30.5 Å². The largest absolute Gasteiger partial charge is 0.507 e. The minimum absolute atomic E-state index is 0.0441. The van der Waals surface area contributed by atoms with E-state index in [9.17, 15) is 14.7 Å². The SMILES string of the molecule is C=CCOc1ccc(C2/C(=C(\O)c3ccc(OCc4ccccc4C)cc3)C(=O)C(=O)N2c2nnc(SCc3ccc(C)cc3)s2)cc1. The van der Waals surface area contributed by atoms with Crippen LogP contribution in [0.3, 0.4) is 0 Å². The summed E-state index contributed by atoms with van der Waals surface area (Å²) in [6, 6.07) is 29.1. The summed E-state index contributed by atoms with van der Waals surface area (Å²) in [6.45, 7) is 8.47. The standard InChI is InChI=1S/C38H33N3O5S2/c1-4-21-45-30-17-13-27(14-18-30)33-32(34(42)28-15-19-31(20-16-28)46-22-29-8-6-5-7-25(29)3)35(43)36(44)41(33)37-39-40-38(48-37)47-23-26-11-9-24(2)10-12-26/h4-20,33,42H,1,21-23H2,2-3H3/b34-32+. The molecule has 1 aromatic heterocycles. The number of Topliss-reactive ketones (excluding diaryl/α,β-unsaturated/α-hetero) is 1. The van der Waals surface area contributed by atoms with Crippen LogP contribution in [0.1, 0.15) is 39.4 Å². The average Bonchev–Trinajstić information content (AvgIpc) is 3.68. The second-order valence-corrected chi connectivity index (χ2v) is 13.4. The van der Waals surface area contributed by atoms with Crippen molar-refractivity contribution < 1.29 is 24.2 Å². The fourth-order valence-electron chi connectivity index (χ4n) is 5.23. The number of hydrogen-bond acceptors (Lipinski definition) is 9. The Labute approximate surface area is 287 Å². The molecule has 1 N–H and O–H groups in total. The fourth-order valence-corrected chi connectivity index (χ4v) is 7.06. The first-order valence-electron chi connectivity index (χ1n) is 15.3. The summed E-state index contributed by atoms with van der Waals surface area (Å²) in [5.41, 5.74) is 5.44. The van der Waals surface area contributed by atoms with E-state index in [-0.39, 0.29) is 16.5 Å². The topological polar surface area (TPSA) is 102 Å². The summed E-state index contributed by atoms with van der Waals surface area (Å²) in [5, 5.41) is 20.5. The highest BCUT2D eigenvalue weighted by Crippen LogP contribution is 2.44. The van der Waals surface area contributed by atoms with Gasteiger partial charge in [-0.15, -0.1) is 10.2 Å². The zero-order valence-corrected chi connectivity index (χ0v) is 28.1. The lowest BCUT2D eigenvalue weighted by atomic mass is 9.95. The van der Waals surface area contributed by atoms with Gasteiger partial charge in [0.15, 0.2) is 4.34 Å². The van der Waals surface area contributed by atoms with Crippen molar-refractivity contribution in [2.75, 3.05) is 11.5 Å². The molecule has 242 valence electrons. The van der Waals surface area contributed by atoms with Gasteiger partial charge in [-0.1, -0.05) is 102 Å². The second kappa shape index (κ2) is 14.7. The smallest absolute Gasteiger partial charge is 0.301 e. The Balaban J connectivity index is 1.31. The molecule has 0 saturated carbocycles. The van der Waals surface area contributed by atoms with E-state index in [0.717, 1.165) is 16.7 Å². The van der Waals surface area contributed by atoms with Crippen molar-refractivity contribution in [2.45, 2.75) is 36.6 Å². The number of ether oxygens (including phenoxy) is 2. The van der Waals surface area contributed by atoms with Gasteiger partial charge in [0, 0.05) is 11.3 Å². The van der Waals surface area contributed by atoms with Crippen LogP contribution in [-0.4, -0.2) is 33.6 Å². The van der Waals surface area contributed by atoms with Crippen molar-refractivity contribution in [3.63, 3.8) is 0 Å². The minimum atomic E-state index is -0.946. The molecule has 1 aliphatic heterocycles. The zero-order chi connectivity index (χ0) is 33.6. The molecule has 1 fully saturated rings. The van der Waals surface area contributed by atoms with Crippen molar-refractivity contribution in [2.24, 2.45) is 0 Å². The molecule has 2 heterocycles. The Bertz CT molecular complexity index is 1970. The summed E-state index contributed by atoms with van der Waals surface area (Å²) >= 11 is 2.72. The molecule has 1 aliphatic rings. The van der Waals surface area contributed by atoms with Crippen molar-refractivity contribution >= 4 is 45.7 Å². The molecule has 1 saturated heterocycles. The number of carbonyl (C=O) groups is 2. The highest BCUT2D eigenvalue weighted by atomic mass is 32.2. The summed E-state index contributed by atoms with van der Waals surface area (Å²) < 4.78 is 12.3. The average molecular weight is 676 g/mol. The molecule has 1 atom stereocenters. The number of amides is 1. The molecule has 0 bridgehead atoms. The quantitative estimate of drug-likeness (QED) is 0.0353. The predicted molar refractivity (Wildman–Crippen MR) is 190 cm³/mol. The van der Waals surface area contributed by atoms with E-state index in [4.69, 9.17) is 9.47 Å².